The third-order valence-electron chi connectivity index (χ3n) is 8.85. The summed E-state index contributed by atoms with van der Waals surface area (Å²) >= 11 is 0. The second kappa shape index (κ2) is 6.49. The first-order valence-electron chi connectivity index (χ1n) is 10.4. The van der Waals surface area contributed by atoms with Crippen molar-refractivity contribution in [2.45, 2.75) is 78.2 Å². The molecule has 150 valence electrons. The van der Waals surface area contributed by atoms with E-state index in [0.717, 1.165) is 32.1 Å². The lowest BCUT2D eigenvalue weighted by Crippen LogP contribution is -2.55. The maximum atomic E-state index is 11.6. The van der Waals surface area contributed by atoms with Gasteiger partial charge in [0, 0.05) is 18.8 Å². The molecule has 0 aliphatic heterocycles. The molecule has 0 spiro atoms. The van der Waals surface area contributed by atoms with E-state index in [1.807, 2.05) is 0 Å². The van der Waals surface area contributed by atoms with Gasteiger partial charge >= 0.3 is 5.97 Å². The largest absolute Gasteiger partial charge is 0.462 e. The lowest BCUT2D eigenvalue weighted by molar-refractivity contribution is -0.159. The minimum Gasteiger partial charge on any atom is -0.462 e. The fourth-order valence-corrected chi connectivity index (χ4v) is 7.50. The third kappa shape index (κ3) is 2.70. The minimum atomic E-state index is -0.161. The van der Waals surface area contributed by atoms with Crippen LogP contribution < -0.4 is 0 Å². The highest BCUT2D eigenvalue weighted by Gasteiger charge is 2.61. The van der Waals surface area contributed by atoms with E-state index >= 15 is 0 Å². The molecule has 0 aromatic carbocycles. The number of ether oxygens (including phenoxy) is 1. The number of nitrogens with zero attached hydrogens (tertiary/aromatic N) is 2. The van der Waals surface area contributed by atoms with Crippen molar-refractivity contribution in [1.29, 1.82) is 0 Å². The number of carbonyl (C=O) groups excluding carboxylic acids is 1. The van der Waals surface area contributed by atoms with Crippen LogP contribution in [0.2, 0.25) is 0 Å². The molecule has 0 amide bonds. The van der Waals surface area contributed by atoms with Gasteiger partial charge in [-0.3, -0.25) is 4.79 Å². The topological polar surface area (TPSA) is 91.5 Å². The van der Waals surface area contributed by atoms with Crippen LogP contribution in [0.15, 0.2) is 10.3 Å². The first kappa shape index (κ1) is 18.8. The normalized spacial score (nSPS) is 49.4. The molecule has 0 bridgehead atoms. The first-order chi connectivity index (χ1) is 12.8. The van der Waals surface area contributed by atoms with Crippen LogP contribution in [-0.2, 0) is 9.53 Å². The maximum Gasteiger partial charge on any atom is 0.302 e. The molecule has 0 aromatic heterocycles. The predicted octanol–water partition coefficient (Wildman–Crippen LogP) is 4.23. The maximum absolute atomic E-state index is 11.6. The van der Waals surface area contributed by atoms with Crippen molar-refractivity contribution in [2.75, 3.05) is 0 Å². The Balaban J connectivity index is 1.61. The molecule has 6 heteroatoms. The van der Waals surface area contributed by atoms with Crippen LogP contribution in [0, 0.1) is 34.5 Å². The van der Waals surface area contributed by atoms with Crippen molar-refractivity contribution in [1.82, 2.24) is 0 Å². The Hall–Kier alpha value is -1.59. The van der Waals surface area contributed by atoms with Gasteiger partial charge in [-0.15, -0.1) is 0 Å². The van der Waals surface area contributed by atoms with E-state index in [1.54, 1.807) is 0 Å². The zero-order chi connectivity index (χ0) is 19.4. The van der Waals surface area contributed by atoms with Gasteiger partial charge in [-0.25, -0.2) is 0 Å². The van der Waals surface area contributed by atoms with Crippen molar-refractivity contribution < 1.29 is 19.9 Å². The molecular formula is C21H32N2O4. The van der Waals surface area contributed by atoms with Crippen LogP contribution in [0.3, 0.4) is 0 Å². The molecular weight excluding hydrogens is 344 g/mol. The van der Waals surface area contributed by atoms with E-state index < -0.39 is 0 Å². The zero-order valence-corrected chi connectivity index (χ0v) is 16.6. The highest BCUT2D eigenvalue weighted by atomic mass is 16.5. The van der Waals surface area contributed by atoms with Gasteiger partial charge < -0.3 is 15.2 Å². The van der Waals surface area contributed by atoms with E-state index in [2.05, 4.69) is 24.2 Å². The lowest BCUT2D eigenvalue weighted by atomic mass is 9.45. The van der Waals surface area contributed by atoms with E-state index in [4.69, 9.17) is 4.74 Å². The fraction of sp³-hybridized carbons (Fsp3) is 0.857. The van der Waals surface area contributed by atoms with Crippen LogP contribution in [0.4, 0.5) is 0 Å². The summed E-state index contributed by atoms with van der Waals surface area (Å²) in [6.07, 6.45) is 8.11. The smallest absolute Gasteiger partial charge is 0.302 e. The van der Waals surface area contributed by atoms with E-state index in [9.17, 15) is 15.2 Å². The second-order valence-corrected chi connectivity index (χ2v) is 9.85. The molecule has 0 saturated heterocycles. The Bertz CT molecular complexity index is 690. The summed E-state index contributed by atoms with van der Waals surface area (Å²) in [4.78, 5) is 11.6. The SMILES string of the molecule is CC(=O)OC1CCC2C3CCC4CC(=N\O)/C(=N/O)CC4(C)C3CCC12C. The Labute approximate surface area is 161 Å². The average Bonchev–Trinajstić information content (AvgIpc) is 2.96. The van der Waals surface area contributed by atoms with Gasteiger partial charge in [0.25, 0.3) is 0 Å². The van der Waals surface area contributed by atoms with E-state index in [1.165, 1.54) is 13.3 Å². The third-order valence-corrected chi connectivity index (χ3v) is 8.85. The molecule has 0 heterocycles. The van der Waals surface area contributed by atoms with Crippen LogP contribution >= 0.6 is 0 Å². The molecule has 4 saturated carbocycles. The molecule has 7 atom stereocenters. The van der Waals surface area contributed by atoms with Gasteiger partial charge in [0.2, 0.25) is 0 Å². The summed E-state index contributed by atoms with van der Waals surface area (Å²) in [6.45, 7) is 6.21. The van der Waals surface area contributed by atoms with Crippen LogP contribution in [0.25, 0.3) is 0 Å². The lowest BCUT2D eigenvalue weighted by Gasteiger charge is -2.60. The number of hydrogen-bond acceptors (Lipinski definition) is 6. The summed E-state index contributed by atoms with van der Waals surface area (Å²) in [7, 11) is 0. The molecule has 27 heavy (non-hydrogen) atoms. The summed E-state index contributed by atoms with van der Waals surface area (Å²) in [5.74, 6) is 2.14. The van der Waals surface area contributed by atoms with Gasteiger partial charge in [-0.05, 0) is 74.0 Å². The van der Waals surface area contributed by atoms with Gasteiger partial charge in [-0.2, -0.15) is 0 Å². The van der Waals surface area contributed by atoms with Gasteiger partial charge in [0.1, 0.15) is 17.5 Å². The van der Waals surface area contributed by atoms with Crippen LogP contribution in [-0.4, -0.2) is 33.9 Å². The molecule has 7 unspecified atom stereocenters. The van der Waals surface area contributed by atoms with Crippen LogP contribution in [0.1, 0.15) is 72.1 Å². The Morgan fingerprint density at radius 3 is 2.37 bits per heavy atom. The minimum absolute atomic E-state index is 0.0560. The summed E-state index contributed by atoms with van der Waals surface area (Å²) < 4.78 is 5.72. The molecule has 0 radical (unpaired) electrons. The number of carbonyl (C=O) groups is 1. The average molecular weight is 376 g/mol. The molecule has 4 fully saturated rings. The fourth-order valence-electron chi connectivity index (χ4n) is 7.50. The van der Waals surface area contributed by atoms with Gasteiger partial charge in [0.15, 0.2) is 0 Å². The van der Waals surface area contributed by atoms with Gasteiger partial charge in [-0.1, -0.05) is 24.2 Å². The Kier molecular flexibility index (Phi) is 4.51. The molecule has 4 aliphatic carbocycles. The molecule has 0 aromatic rings. The van der Waals surface area contributed by atoms with E-state index in [0.29, 0.717) is 47.9 Å². The summed E-state index contributed by atoms with van der Waals surface area (Å²) in [5, 5.41) is 25.6. The molecule has 4 aliphatic rings. The number of esters is 1. The highest BCUT2D eigenvalue weighted by molar-refractivity contribution is 6.42. The molecule has 4 rings (SSSR count). The Morgan fingerprint density at radius 1 is 1.00 bits per heavy atom. The highest BCUT2D eigenvalue weighted by Crippen LogP contribution is 2.66. The number of fused-ring (bicyclic) bond motifs is 5. The van der Waals surface area contributed by atoms with Crippen molar-refractivity contribution in [3.05, 3.63) is 0 Å². The van der Waals surface area contributed by atoms with Gasteiger partial charge in [0.05, 0.1) is 0 Å². The zero-order valence-electron chi connectivity index (χ0n) is 16.6. The summed E-state index contributed by atoms with van der Waals surface area (Å²) in [6, 6.07) is 0. The van der Waals surface area contributed by atoms with Crippen molar-refractivity contribution in [3.63, 3.8) is 0 Å². The predicted molar refractivity (Wildman–Crippen MR) is 101 cm³/mol. The number of rotatable bonds is 1. The first-order valence-corrected chi connectivity index (χ1v) is 10.4. The van der Waals surface area contributed by atoms with Crippen molar-refractivity contribution in [3.8, 4) is 0 Å². The summed E-state index contributed by atoms with van der Waals surface area (Å²) in [5.41, 5.74) is 1.28. The second-order valence-electron chi connectivity index (χ2n) is 9.85. The standard InChI is InChI=1S/C21H32N2O4/c1-12(24)27-19-7-6-15-14-5-4-13-10-17(22-25)18(23-26)11-21(13,3)16(14)8-9-20(15,19)2/h13-16,19,25-26H,4-11H2,1-3H3/b22-17+,23-18+. The van der Waals surface area contributed by atoms with Crippen molar-refractivity contribution >= 4 is 17.4 Å². The monoisotopic (exact) mass is 376 g/mol. The Morgan fingerprint density at radius 2 is 1.70 bits per heavy atom. The quantitative estimate of drug-likeness (QED) is 0.407. The van der Waals surface area contributed by atoms with Crippen molar-refractivity contribution in [2.24, 2.45) is 44.8 Å². The van der Waals surface area contributed by atoms with Crippen LogP contribution in [0.5, 0.6) is 0 Å². The molecule has 2 N–H and O–H groups in total. The molecule has 6 nitrogen and oxygen atoms in total. The number of hydrogen-bond donors (Lipinski definition) is 2. The van der Waals surface area contributed by atoms with E-state index in [-0.39, 0.29) is 22.9 Å². The number of oxime groups is 2.